The van der Waals surface area contributed by atoms with Crippen molar-refractivity contribution in [2.75, 3.05) is 0 Å². The Balaban J connectivity index is 1.63. The number of azo groups is 2. The van der Waals surface area contributed by atoms with Gasteiger partial charge in [0.1, 0.15) is 0 Å². The van der Waals surface area contributed by atoms with Crippen LogP contribution in [0.3, 0.4) is 0 Å². The number of nitro benzene ring substituents is 1. The molecule has 0 saturated carbocycles. The number of allylic oxidation sites excluding steroid dienone is 1. The second kappa shape index (κ2) is 7.58. The number of aliphatic hydroxyl groups is 1. The highest BCUT2D eigenvalue weighted by Gasteiger charge is 2.24. The quantitative estimate of drug-likeness (QED) is 0.465. The van der Waals surface area contributed by atoms with Crippen LogP contribution >= 0.6 is 0 Å². The van der Waals surface area contributed by atoms with E-state index in [4.69, 9.17) is 0 Å². The zero-order valence-corrected chi connectivity index (χ0v) is 13.6. The summed E-state index contributed by atoms with van der Waals surface area (Å²) in [7, 11) is 0. The first-order valence-electron chi connectivity index (χ1n) is 7.80. The first kappa shape index (κ1) is 17.3. The third-order valence-corrected chi connectivity index (χ3v) is 3.57. The number of rotatable bonds is 5. The van der Waals surface area contributed by atoms with Gasteiger partial charge in [-0.25, -0.2) is 0 Å². The van der Waals surface area contributed by atoms with E-state index < -0.39 is 10.6 Å². The lowest BCUT2D eigenvalue weighted by Gasteiger charge is -2.19. The van der Waals surface area contributed by atoms with Gasteiger partial charge in [-0.05, 0) is 36.4 Å². The average Bonchev–Trinajstić information content (AvgIpc) is 2.67. The van der Waals surface area contributed by atoms with E-state index in [0.717, 1.165) is 5.69 Å². The van der Waals surface area contributed by atoms with Crippen LogP contribution in [0.25, 0.3) is 0 Å². The van der Waals surface area contributed by atoms with Gasteiger partial charge in [-0.1, -0.05) is 24.3 Å². The molecule has 2 aromatic rings. The van der Waals surface area contributed by atoms with E-state index in [9.17, 15) is 15.2 Å². The fourth-order valence-corrected chi connectivity index (χ4v) is 2.15. The number of nitro groups is 1. The molecule has 0 aromatic heterocycles. The summed E-state index contributed by atoms with van der Waals surface area (Å²) in [5.74, 6) is 0. The molecule has 0 heterocycles. The summed E-state index contributed by atoms with van der Waals surface area (Å²) >= 11 is 0. The highest BCUT2D eigenvalue weighted by molar-refractivity contribution is 5.43. The number of benzene rings is 2. The van der Waals surface area contributed by atoms with Crippen molar-refractivity contribution in [1.29, 1.82) is 0 Å². The van der Waals surface area contributed by atoms with Gasteiger partial charge in [0, 0.05) is 18.6 Å². The zero-order chi connectivity index (χ0) is 18.4. The van der Waals surface area contributed by atoms with Crippen LogP contribution in [-0.2, 0) is 0 Å². The maximum Gasteiger partial charge on any atom is 0.269 e. The van der Waals surface area contributed by atoms with Crippen molar-refractivity contribution in [1.82, 2.24) is 0 Å². The van der Waals surface area contributed by atoms with E-state index in [1.165, 1.54) is 30.3 Å². The molecule has 3 rings (SSSR count). The van der Waals surface area contributed by atoms with Gasteiger partial charge < -0.3 is 5.11 Å². The minimum absolute atomic E-state index is 0.0309. The van der Waals surface area contributed by atoms with Crippen LogP contribution in [0.2, 0.25) is 0 Å². The van der Waals surface area contributed by atoms with Crippen molar-refractivity contribution >= 4 is 17.1 Å². The van der Waals surface area contributed by atoms with Crippen molar-refractivity contribution < 1.29 is 10.0 Å². The molecule has 0 amide bonds. The molecule has 1 aliphatic rings. The molecule has 0 saturated heterocycles. The average molecular weight is 349 g/mol. The summed E-state index contributed by atoms with van der Waals surface area (Å²) in [6, 6.07) is 14.9. The Kier molecular flexibility index (Phi) is 5.04. The largest absolute Gasteiger partial charge is 0.364 e. The van der Waals surface area contributed by atoms with E-state index in [1.807, 2.05) is 30.3 Å². The SMILES string of the molecule is O=[N+]([O-])c1ccc(N=NC2(O)C=CC(N=Nc3ccccc3)=CC2)cc1. The van der Waals surface area contributed by atoms with Crippen LogP contribution in [0.15, 0.2) is 99.0 Å². The van der Waals surface area contributed by atoms with Crippen molar-refractivity contribution in [2.24, 2.45) is 20.5 Å². The van der Waals surface area contributed by atoms with Gasteiger partial charge in [0.2, 0.25) is 0 Å². The molecular weight excluding hydrogens is 334 g/mol. The van der Waals surface area contributed by atoms with Gasteiger partial charge >= 0.3 is 0 Å². The van der Waals surface area contributed by atoms with Gasteiger partial charge in [-0.2, -0.15) is 15.3 Å². The maximum absolute atomic E-state index is 10.6. The summed E-state index contributed by atoms with van der Waals surface area (Å²) in [6.07, 6.45) is 5.01. The lowest BCUT2D eigenvalue weighted by Crippen LogP contribution is -2.23. The van der Waals surface area contributed by atoms with E-state index in [1.54, 1.807) is 12.2 Å². The molecule has 8 heteroatoms. The van der Waals surface area contributed by atoms with Gasteiger partial charge in [-0.3, -0.25) is 10.1 Å². The predicted octanol–water partition coefficient (Wildman–Crippen LogP) is 4.99. The molecule has 0 radical (unpaired) electrons. The Morgan fingerprint density at radius 3 is 2.27 bits per heavy atom. The van der Waals surface area contributed by atoms with E-state index in [-0.39, 0.29) is 12.1 Å². The van der Waals surface area contributed by atoms with E-state index >= 15 is 0 Å². The Morgan fingerprint density at radius 1 is 0.962 bits per heavy atom. The molecule has 1 aliphatic carbocycles. The van der Waals surface area contributed by atoms with Gasteiger partial charge in [0.05, 0.1) is 22.0 Å². The topological polar surface area (TPSA) is 113 Å². The van der Waals surface area contributed by atoms with Crippen molar-refractivity contribution in [3.63, 3.8) is 0 Å². The van der Waals surface area contributed by atoms with Crippen LogP contribution in [0.4, 0.5) is 17.1 Å². The summed E-state index contributed by atoms with van der Waals surface area (Å²) in [6.45, 7) is 0. The smallest absolute Gasteiger partial charge is 0.269 e. The first-order valence-corrected chi connectivity index (χ1v) is 7.80. The normalized spacial score (nSPS) is 19.8. The standard InChI is InChI=1S/C18H15N5O3/c24-18(22-21-15-6-8-17(9-7-15)23(25)26)12-10-16(11-13-18)20-19-14-4-2-1-3-5-14/h1-12,24H,13H2. The summed E-state index contributed by atoms with van der Waals surface area (Å²) in [4.78, 5) is 10.1. The molecular formula is C18H15N5O3. The lowest BCUT2D eigenvalue weighted by atomic mass is 10.0. The third-order valence-electron chi connectivity index (χ3n) is 3.57. The fourth-order valence-electron chi connectivity index (χ4n) is 2.15. The Morgan fingerprint density at radius 2 is 1.65 bits per heavy atom. The molecule has 1 atom stereocenters. The van der Waals surface area contributed by atoms with Gasteiger partial charge in [0.25, 0.3) is 5.69 Å². The maximum atomic E-state index is 10.6. The van der Waals surface area contributed by atoms with Crippen molar-refractivity contribution in [3.8, 4) is 0 Å². The molecule has 0 spiro atoms. The first-order chi connectivity index (χ1) is 12.5. The second-order valence-corrected chi connectivity index (χ2v) is 5.55. The summed E-state index contributed by atoms with van der Waals surface area (Å²) in [5.41, 5.74) is 0.255. The van der Waals surface area contributed by atoms with Crippen LogP contribution in [0, 0.1) is 10.1 Å². The molecule has 0 fully saturated rings. The van der Waals surface area contributed by atoms with Crippen molar-refractivity contribution in [3.05, 3.63) is 88.6 Å². The third kappa shape index (κ3) is 4.52. The molecule has 1 unspecified atom stereocenters. The van der Waals surface area contributed by atoms with Gasteiger partial charge in [-0.15, -0.1) is 5.11 Å². The number of nitrogens with zero attached hydrogens (tertiary/aromatic N) is 5. The predicted molar refractivity (Wildman–Crippen MR) is 95.4 cm³/mol. The highest BCUT2D eigenvalue weighted by atomic mass is 16.6. The molecule has 130 valence electrons. The zero-order valence-electron chi connectivity index (χ0n) is 13.6. The molecule has 2 aromatic carbocycles. The lowest BCUT2D eigenvalue weighted by molar-refractivity contribution is -0.384. The minimum atomic E-state index is -1.48. The number of non-ortho nitro benzene ring substituents is 1. The fraction of sp³-hybridized carbons (Fsp3) is 0.111. The van der Waals surface area contributed by atoms with Crippen molar-refractivity contribution in [2.45, 2.75) is 12.1 Å². The second-order valence-electron chi connectivity index (χ2n) is 5.55. The molecule has 26 heavy (non-hydrogen) atoms. The summed E-state index contributed by atoms with van der Waals surface area (Å²) in [5, 5.41) is 37.1. The van der Waals surface area contributed by atoms with E-state index in [0.29, 0.717) is 11.4 Å². The minimum Gasteiger partial charge on any atom is -0.364 e. The van der Waals surface area contributed by atoms with Crippen LogP contribution < -0.4 is 0 Å². The van der Waals surface area contributed by atoms with Crippen LogP contribution in [0.5, 0.6) is 0 Å². The van der Waals surface area contributed by atoms with Crippen LogP contribution in [0.1, 0.15) is 6.42 Å². The summed E-state index contributed by atoms with van der Waals surface area (Å²) < 4.78 is 0. The Hall–Kier alpha value is -3.52. The number of hydrogen-bond acceptors (Lipinski definition) is 7. The Bertz CT molecular complexity index is 904. The molecule has 8 nitrogen and oxygen atoms in total. The monoisotopic (exact) mass is 349 g/mol. The van der Waals surface area contributed by atoms with Crippen LogP contribution in [-0.4, -0.2) is 15.8 Å². The van der Waals surface area contributed by atoms with Gasteiger partial charge in [0.15, 0.2) is 5.72 Å². The Labute approximate surface area is 149 Å². The highest BCUT2D eigenvalue weighted by Crippen LogP contribution is 2.26. The molecule has 0 aliphatic heterocycles. The van der Waals surface area contributed by atoms with E-state index in [2.05, 4.69) is 20.5 Å². The number of hydrogen-bond donors (Lipinski definition) is 1. The molecule has 1 N–H and O–H groups in total. The molecule has 0 bridgehead atoms.